The number of amides is 2. The van der Waals surface area contributed by atoms with Crippen molar-refractivity contribution in [1.82, 2.24) is 15.0 Å². The van der Waals surface area contributed by atoms with Gasteiger partial charge >= 0.3 is 6.03 Å². The van der Waals surface area contributed by atoms with E-state index in [2.05, 4.69) is 20.6 Å². The summed E-state index contributed by atoms with van der Waals surface area (Å²) >= 11 is 0. The Labute approximate surface area is 172 Å². The van der Waals surface area contributed by atoms with Crippen LogP contribution in [0, 0.1) is 0 Å². The fraction of sp³-hybridized carbons (Fsp3) is 0.0870. The van der Waals surface area contributed by atoms with E-state index in [0.29, 0.717) is 18.0 Å². The van der Waals surface area contributed by atoms with Crippen LogP contribution < -0.4 is 15.4 Å². The van der Waals surface area contributed by atoms with Gasteiger partial charge in [-0.3, -0.25) is 0 Å². The molecule has 0 aliphatic carbocycles. The molecule has 7 heteroatoms. The molecule has 0 unspecified atom stereocenters. The van der Waals surface area contributed by atoms with E-state index in [0.717, 1.165) is 38.8 Å². The number of fused-ring (bicyclic) bond motifs is 4. The first-order valence-electron chi connectivity index (χ1n) is 9.69. The standard InChI is InChI=1S/C23H19N5O2/c1-2-30-16-10-7-14(8-11-16)24-23(29)25-15-9-12-18-17(13-15)21-22(27-18)28-20-6-4-3-5-19(20)26-21/h3-13H,2H2,1H3,(H,27,28)(H2,24,25,29). The number of nitrogens with zero attached hydrogens (tertiary/aromatic N) is 2. The lowest BCUT2D eigenvalue weighted by Crippen LogP contribution is -2.19. The second kappa shape index (κ2) is 7.36. The Morgan fingerprint density at radius 1 is 0.933 bits per heavy atom. The third-order valence-electron chi connectivity index (χ3n) is 4.78. The first-order valence-corrected chi connectivity index (χ1v) is 9.69. The SMILES string of the molecule is CCOc1ccc(NC(=O)Nc2ccc3[nH]c4nc5ccccc5nc4c3c2)cc1. The highest BCUT2D eigenvalue weighted by atomic mass is 16.5. The highest BCUT2D eigenvalue weighted by molar-refractivity contribution is 6.08. The maximum absolute atomic E-state index is 12.4. The van der Waals surface area contributed by atoms with Crippen molar-refractivity contribution in [3.63, 3.8) is 0 Å². The summed E-state index contributed by atoms with van der Waals surface area (Å²) in [5, 5.41) is 6.60. The minimum Gasteiger partial charge on any atom is -0.494 e. The molecule has 3 aromatic carbocycles. The third-order valence-corrected chi connectivity index (χ3v) is 4.78. The largest absolute Gasteiger partial charge is 0.494 e. The van der Waals surface area contributed by atoms with Gasteiger partial charge in [-0.15, -0.1) is 0 Å². The number of nitrogens with one attached hydrogen (secondary N) is 3. The zero-order chi connectivity index (χ0) is 20.5. The Balaban J connectivity index is 1.40. The number of carbonyl (C=O) groups is 1. The van der Waals surface area contributed by atoms with Crippen LogP contribution in [0.1, 0.15) is 6.92 Å². The molecule has 2 amide bonds. The minimum atomic E-state index is -0.324. The summed E-state index contributed by atoms with van der Waals surface area (Å²) in [6.07, 6.45) is 0. The van der Waals surface area contributed by atoms with Gasteiger partial charge in [-0.2, -0.15) is 0 Å². The van der Waals surface area contributed by atoms with Crippen LogP contribution in [0.3, 0.4) is 0 Å². The van der Waals surface area contributed by atoms with E-state index in [9.17, 15) is 4.79 Å². The zero-order valence-electron chi connectivity index (χ0n) is 16.3. The molecular weight excluding hydrogens is 378 g/mol. The number of carbonyl (C=O) groups excluding carboxylic acids is 1. The monoisotopic (exact) mass is 397 g/mol. The van der Waals surface area contributed by atoms with Crippen LogP contribution in [0.25, 0.3) is 33.1 Å². The van der Waals surface area contributed by atoms with Crippen LogP contribution in [0.5, 0.6) is 5.75 Å². The lowest BCUT2D eigenvalue weighted by atomic mass is 10.2. The smallest absolute Gasteiger partial charge is 0.323 e. The molecule has 0 aliphatic rings. The lowest BCUT2D eigenvalue weighted by molar-refractivity contribution is 0.262. The van der Waals surface area contributed by atoms with Gasteiger partial charge in [0.05, 0.1) is 17.6 Å². The summed E-state index contributed by atoms with van der Waals surface area (Å²) < 4.78 is 5.41. The van der Waals surface area contributed by atoms with Gasteiger partial charge in [0, 0.05) is 22.3 Å². The van der Waals surface area contributed by atoms with E-state index in [-0.39, 0.29) is 6.03 Å². The molecule has 3 N–H and O–H groups in total. The quantitative estimate of drug-likeness (QED) is 0.383. The highest BCUT2D eigenvalue weighted by Gasteiger charge is 2.11. The number of aromatic amines is 1. The molecule has 2 aromatic heterocycles. The molecule has 0 saturated carbocycles. The first kappa shape index (κ1) is 17.9. The van der Waals surface area contributed by atoms with Gasteiger partial charge in [0.15, 0.2) is 5.65 Å². The summed E-state index contributed by atoms with van der Waals surface area (Å²) in [7, 11) is 0. The lowest BCUT2D eigenvalue weighted by Gasteiger charge is -2.09. The number of para-hydroxylation sites is 2. The van der Waals surface area contributed by atoms with Gasteiger partial charge in [0.2, 0.25) is 0 Å². The molecule has 0 spiro atoms. The van der Waals surface area contributed by atoms with Gasteiger partial charge in [0.1, 0.15) is 11.3 Å². The van der Waals surface area contributed by atoms with Crippen LogP contribution in [0.4, 0.5) is 16.2 Å². The predicted octanol–water partition coefficient (Wildman–Crippen LogP) is 5.31. The van der Waals surface area contributed by atoms with Crippen LogP contribution in [0.2, 0.25) is 0 Å². The van der Waals surface area contributed by atoms with Crippen molar-refractivity contribution in [1.29, 1.82) is 0 Å². The molecule has 0 aliphatic heterocycles. The molecule has 0 bridgehead atoms. The van der Waals surface area contributed by atoms with Crippen molar-refractivity contribution in [3.8, 4) is 5.75 Å². The minimum absolute atomic E-state index is 0.324. The Bertz CT molecular complexity index is 1380. The summed E-state index contributed by atoms with van der Waals surface area (Å²) in [6.45, 7) is 2.53. The second-order valence-corrected chi connectivity index (χ2v) is 6.83. The highest BCUT2D eigenvalue weighted by Crippen LogP contribution is 2.27. The molecule has 30 heavy (non-hydrogen) atoms. The maximum Gasteiger partial charge on any atom is 0.323 e. The number of anilines is 2. The van der Waals surface area contributed by atoms with E-state index < -0.39 is 0 Å². The molecule has 7 nitrogen and oxygen atoms in total. The average molecular weight is 397 g/mol. The first-order chi connectivity index (χ1) is 14.7. The number of urea groups is 1. The molecule has 0 atom stereocenters. The Morgan fingerprint density at radius 3 is 2.40 bits per heavy atom. The van der Waals surface area contributed by atoms with Crippen LogP contribution in [-0.4, -0.2) is 27.6 Å². The molecule has 2 heterocycles. The Hall–Kier alpha value is -4.13. The fourth-order valence-corrected chi connectivity index (χ4v) is 3.42. The van der Waals surface area contributed by atoms with Crippen molar-refractivity contribution in [2.45, 2.75) is 6.92 Å². The number of hydrogen-bond donors (Lipinski definition) is 3. The summed E-state index contributed by atoms with van der Waals surface area (Å²) in [6, 6.07) is 20.3. The number of aromatic nitrogens is 3. The van der Waals surface area contributed by atoms with E-state index in [1.165, 1.54) is 0 Å². The van der Waals surface area contributed by atoms with Gasteiger partial charge in [-0.05, 0) is 61.5 Å². The summed E-state index contributed by atoms with van der Waals surface area (Å²) in [5.74, 6) is 0.766. The average Bonchev–Trinajstić information content (AvgIpc) is 3.10. The van der Waals surface area contributed by atoms with E-state index in [1.54, 1.807) is 12.1 Å². The van der Waals surface area contributed by atoms with Crippen LogP contribution in [0.15, 0.2) is 66.7 Å². The molecule has 5 aromatic rings. The molecule has 0 saturated heterocycles. The van der Waals surface area contributed by atoms with Crippen LogP contribution in [-0.2, 0) is 0 Å². The van der Waals surface area contributed by atoms with E-state index >= 15 is 0 Å². The van der Waals surface area contributed by atoms with Gasteiger partial charge < -0.3 is 20.4 Å². The fourth-order valence-electron chi connectivity index (χ4n) is 3.42. The van der Waals surface area contributed by atoms with Crippen molar-refractivity contribution < 1.29 is 9.53 Å². The molecule has 0 fully saturated rings. The van der Waals surface area contributed by atoms with E-state index in [4.69, 9.17) is 9.72 Å². The zero-order valence-corrected chi connectivity index (χ0v) is 16.3. The van der Waals surface area contributed by atoms with Crippen molar-refractivity contribution in [3.05, 3.63) is 66.7 Å². The van der Waals surface area contributed by atoms with Gasteiger partial charge in [0.25, 0.3) is 0 Å². The number of hydrogen-bond acceptors (Lipinski definition) is 4. The van der Waals surface area contributed by atoms with E-state index in [1.807, 2.05) is 61.5 Å². The van der Waals surface area contributed by atoms with Crippen molar-refractivity contribution in [2.24, 2.45) is 0 Å². The molecule has 0 radical (unpaired) electrons. The Morgan fingerprint density at radius 2 is 1.63 bits per heavy atom. The van der Waals surface area contributed by atoms with Gasteiger partial charge in [-0.25, -0.2) is 14.8 Å². The number of benzene rings is 3. The molecule has 5 rings (SSSR count). The topological polar surface area (TPSA) is 91.9 Å². The predicted molar refractivity (Wildman–Crippen MR) is 119 cm³/mol. The van der Waals surface area contributed by atoms with Crippen molar-refractivity contribution >= 4 is 50.5 Å². The summed E-state index contributed by atoms with van der Waals surface area (Å²) in [5.41, 5.74) is 5.43. The second-order valence-electron chi connectivity index (χ2n) is 6.83. The molecular formula is C23H19N5O2. The number of H-pyrrole nitrogens is 1. The van der Waals surface area contributed by atoms with Crippen molar-refractivity contribution in [2.75, 3.05) is 17.2 Å². The summed E-state index contributed by atoms with van der Waals surface area (Å²) in [4.78, 5) is 25.1. The Kier molecular flexibility index (Phi) is 4.40. The normalized spacial score (nSPS) is 11.1. The third kappa shape index (κ3) is 3.37. The number of rotatable bonds is 4. The van der Waals surface area contributed by atoms with Crippen LogP contribution >= 0.6 is 0 Å². The molecule has 148 valence electrons. The van der Waals surface area contributed by atoms with Gasteiger partial charge in [-0.1, -0.05) is 12.1 Å². The maximum atomic E-state index is 12.4. The number of ether oxygens (including phenoxy) is 1.